The van der Waals surface area contributed by atoms with Gasteiger partial charge < -0.3 is 14.8 Å². The van der Waals surface area contributed by atoms with Crippen molar-refractivity contribution in [3.8, 4) is 5.75 Å². The molecule has 3 aromatic rings. The van der Waals surface area contributed by atoms with Crippen molar-refractivity contribution in [2.75, 3.05) is 25.1 Å². The highest BCUT2D eigenvalue weighted by Crippen LogP contribution is 2.37. The quantitative estimate of drug-likeness (QED) is 0.552. The molecule has 1 aliphatic rings. The van der Waals surface area contributed by atoms with Gasteiger partial charge in [0.15, 0.2) is 0 Å². The fourth-order valence-corrected chi connectivity index (χ4v) is 4.02. The van der Waals surface area contributed by atoms with Crippen LogP contribution in [0, 0.1) is 0 Å². The molecule has 0 bridgehead atoms. The number of piperazine rings is 1. The second-order valence-corrected chi connectivity index (χ2v) is 7.99. The second kappa shape index (κ2) is 8.64. The SMILES string of the molecule is COc1ccc(N2C[C@H](c3ccc(Cl)cc3)N(O)[C@H](c3ccc(Cl)cc3)C2)cc1. The number of hydrogen-bond acceptors (Lipinski definition) is 4. The Labute approximate surface area is 180 Å². The van der Waals surface area contributed by atoms with Crippen LogP contribution < -0.4 is 9.64 Å². The topological polar surface area (TPSA) is 35.9 Å². The molecule has 1 heterocycles. The molecule has 0 saturated carbocycles. The predicted molar refractivity (Wildman–Crippen MR) is 117 cm³/mol. The molecule has 0 radical (unpaired) electrons. The molecule has 3 aromatic carbocycles. The molecule has 4 nitrogen and oxygen atoms in total. The summed E-state index contributed by atoms with van der Waals surface area (Å²) in [5.41, 5.74) is 3.10. The molecule has 150 valence electrons. The van der Waals surface area contributed by atoms with Crippen LogP contribution in [-0.2, 0) is 0 Å². The van der Waals surface area contributed by atoms with Gasteiger partial charge in [-0.1, -0.05) is 47.5 Å². The maximum Gasteiger partial charge on any atom is 0.119 e. The third-order valence-electron chi connectivity index (χ3n) is 5.37. The van der Waals surface area contributed by atoms with Gasteiger partial charge in [-0.25, -0.2) is 0 Å². The van der Waals surface area contributed by atoms with Crippen molar-refractivity contribution in [3.63, 3.8) is 0 Å². The molecule has 0 spiro atoms. The van der Waals surface area contributed by atoms with Crippen LogP contribution >= 0.6 is 23.2 Å². The molecule has 0 aromatic heterocycles. The summed E-state index contributed by atoms with van der Waals surface area (Å²) in [5, 5.41) is 13.9. The van der Waals surface area contributed by atoms with E-state index in [4.69, 9.17) is 27.9 Å². The lowest BCUT2D eigenvalue weighted by Gasteiger charge is -2.45. The summed E-state index contributed by atoms with van der Waals surface area (Å²) in [6.07, 6.45) is 0. The number of halogens is 2. The van der Waals surface area contributed by atoms with Gasteiger partial charge in [0.05, 0.1) is 19.2 Å². The Morgan fingerprint density at radius 2 is 1.21 bits per heavy atom. The second-order valence-electron chi connectivity index (χ2n) is 7.12. The Morgan fingerprint density at radius 3 is 1.62 bits per heavy atom. The first kappa shape index (κ1) is 20.0. The molecular formula is C23H22Cl2N2O2. The molecular weight excluding hydrogens is 407 g/mol. The number of methoxy groups -OCH3 is 1. The van der Waals surface area contributed by atoms with Gasteiger partial charge in [0.25, 0.3) is 0 Å². The summed E-state index contributed by atoms with van der Waals surface area (Å²) in [6, 6.07) is 22.9. The predicted octanol–water partition coefficient (Wildman–Crippen LogP) is 6.00. The summed E-state index contributed by atoms with van der Waals surface area (Å²) in [7, 11) is 1.66. The molecule has 0 aliphatic carbocycles. The van der Waals surface area contributed by atoms with Crippen LogP contribution in [0.1, 0.15) is 23.2 Å². The van der Waals surface area contributed by atoms with E-state index in [1.807, 2.05) is 72.8 Å². The minimum absolute atomic E-state index is 0.205. The van der Waals surface area contributed by atoms with Gasteiger partial charge in [-0.15, -0.1) is 0 Å². The van der Waals surface area contributed by atoms with Crippen molar-refractivity contribution in [1.29, 1.82) is 0 Å². The lowest BCUT2D eigenvalue weighted by atomic mass is 9.96. The lowest BCUT2D eigenvalue weighted by Crippen LogP contribution is -2.49. The van der Waals surface area contributed by atoms with E-state index in [1.54, 1.807) is 7.11 Å². The molecule has 6 heteroatoms. The standard InChI is InChI=1S/C23H22Cl2N2O2/c1-29-21-12-10-20(11-13-21)26-14-22(16-2-6-18(24)7-3-16)27(28)23(15-26)17-4-8-19(25)9-5-17/h2-13,22-23,28H,14-15H2,1H3/t22-,23+. The van der Waals surface area contributed by atoms with E-state index in [0.717, 1.165) is 22.6 Å². The van der Waals surface area contributed by atoms with Gasteiger partial charge in [-0.2, -0.15) is 5.06 Å². The van der Waals surface area contributed by atoms with E-state index in [-0.39, 0.29) is 12.1 Å². The molecule has 0 amide bonds. The highest BCUT2D eigenvalue weighted by molar-refractivity contribution is 6.30. The molecule has 1 saturated heterocycles. The summed E-state index contributed by atoms with van der Waals surface area (Å²) < 4.78 is 5.29. The van der Waals surface area contributed by atoms with Crippen LogP contribution in [0.25, 0.3) is 0 Å². The zero-order valence-corrected chi connectivity index (χ0v) is 17.5. The van der Waals surface area contributed by atoms with Crippen molar-refractivity contribution >= 4 is 28.9 Å². The van der Waals surface area contributed by atoms with Gasteiger partial charge in [0.2, 0.25) is 0 Å². The van der Waals surface area contributed by atoms with Crippen molar-refractivity contribution in [2.24, 2.45) is 0 Å². The van der Waals surface area contributed by atoms with Crippen molar-refractivity contribution < 1.29 is 9.94 Å². The molecule has 1 N–H and O–H groups in total. The molecule has 4 rings (SSSR count). The highest BCUT2D eigenvalue weighted by Gasteiger charge is 2.35. The van der Waals surface area contributed by atoms with Crippen LogP contribution in [0.2, 0.25) is 10.0 Å². The average Bonchev–Trinajstić information content (AvgIpc) is 2.75. The first-order valence-electron chi connectivity index (χ1n) is 9.42. The third kappa shape index (κ3) is 4.36. The Hall–Kier alpha value is -2.24. The number of nitrogens with zero attached hydrogens (tertiary/aromatic N) is 2. The summed E-state index contributed by atoms with van der Waals surface area (Å²) >= 11 is 12.1. The van der Waals surface area contributed by atoms with Crippen LogP contribution in [-0.4, -0.2) is 30.5 Å². The molecule has 1 fully saturated rings. The van der Waals surface area contributed by atoms with Crippen LogP contribution in [0.3, 0.4) is 0 Å². The first-order chi connectivity index (χ1) is 14.0. The van der Waals surface area contributed by atoms with Crippen LogP contribution in [0.5, 0.6) is 5.75 Å². The van der Waals surface area contributed by atoms with Crippen molar-refractivity contribution in [1.82, 2.24) is 5.06 Å². The first-order valence-corrected chi connectivity index (χ1v) is 10.2. The molecule has 29 heavy (non-hydrogen) atoms. The molecule has 0 unspecified atom stereocenters. The number of rotatable bonds is 4. The normalized spacial score (nSPS) is 19.9. The largest absolute Gasteiger partial charge is 0.497 e. The maximum atomic E-state index is 11.1. The number of benzene rings is 3. The highest BCUT2D eigenvalue weighted by atomic mass is 35.5. The van der Waals surface area contributed by atoms with Crippen LogP contribution in [0.15, 0.2) is 72.8 Å². The fraction of sp³-hybridized carbons (Fsp3) is 0.217. The molecule has 2 atom stereocenters. The summed E-state index contributed by atoms with van der Waals surface area (Å²) in [4.78, 5) is 2.28. The molecule has 1 aliphatic heterocycles. The van der Waals surface area contributed by atoms with Gasteiger partial charge >= 0.3 is 0 Å². The number of ether oxygens (including phenoxy) is 1. The number of hydroxylamine groups is 2. The zero-order valence-electron chi connectivity index (χ0n) is 16.0. The van der Waals surface area contributed by atoms with Gasteiger partial charge in [-0.05, 0) is 59.7 Å². The average molecular weight is 429 g/mol. The Balaban J connectivity index is 1.70. The van der Waals surface area contributed by atoms with Gasteiger partial charge in [0, 0.05) is 28.8 Å². The minimum atomic E-state index is -0.205. The Kier molecular flexibility index (Phi) is 5.97. The lowest BCUT2D eigenvalue weighted by molar-refractivity contribution is -0.170. The fourth-order valence-electron chi connectivity index (χ4n) is 3.77. The third-order valence-corrected chi connectivity index (χ3v) is 5.88. The minimum Gasteiger partial charge on any atom is -0.497 e. The number of hydrogen-bond donors (Lipinski definition) is 1. The van der Waals surface area contributed by atoms with E-state index in [9.17, 15) is 5.21 Å². The van der Waals surface area contributed by atoms with E-state index >= 15 is 0 Å². The summed E-state index contributed by atoms with van der Waals surface area (Å²) in [6.45, 7) is 1.29. The van der Waals surface area contributed by atoms with Crippen LogP contribution in [0.4, 0.5) is 5.69 Å². The maximum absolute atomic E-state index is 11.1. The van der Waals surface area contributed by atoms with E-state index in [1.165, 1.54) is 5.06 Å². The van der Waals surface area contributed by atoms with Crippen molar-refractivity contribution in [3.05, 3.63) is 94.0 Å². The summed E-state index contributed by atoms with van der Waals surface area (Å²) in [5.74, 6) is 0.818. The van der Waals surface area contributed by atoms with E-state index < -0.39 is 0 Å². The van der Waals surface area contributed by atoms with Crippen molar-refractivity contribution in [2.45, 2.75) is 12.1 Å². The number of anilines is 1. The zero-order chi connectivity index (χ0) is 20.4. The monoisotopic (exact) mass is 428 g/mol. The smallest absolute Gasteiger partial charge is 0.119 e. The Morgan fingerprint density at radius 1 is 0.759 bits per heavy atom. The van der Waals surface area contributed by atoms with E-state index in [2.05, 4.69) is 4.90 Å². The van der Waals surface area contributed by atoms with Gasteiger partial charge in [0.1, 0.15) is 5.75 Å². The van der Waals surface area contributed by atoms with Gasteiger partial charge in [-0.3, -0.25) is 0 Å². The Bertz CT molecular complexity index is 891. The van der Waals surface area contributed by atoms with E-state index in [0.29, 0.717) is 23.1 Å².